The van der Waals surface area contributed by atoms with Gasteiger partial charge in [-0.3, -0.25) is 4.79 Å². The maximum atomic E-state index is 12.0. The number of nitrogens with two attached hydrogens (primary N) is 1. The van der Waals surface area contributed by atoms with Crippen molar-refractivity contribution >= 4 is 5.78 Å². The van der Waals surface area contributed by atoms with E-state index in [2.05, 4.69) is 0 Å². The quantitative estimate of drug-likeness (QED) is 0.708. The fourth-order valence-electron chi connectivity index (χ4n) is 2.85. The summed E-state index contributed by atoms with van der Waals surface area (Å²) in [7, 11) is 0. The number of ketones is 1. The highest BCUT2D eigenvalue weighted by Crippen LogP contribution is 2.35. The second-order valence-corrected chi connectivity index (χ2v) is 4.71. The molecule has 2 aliphatic carbocycles. The lowest BCUT2D eigenvalue weighted by molar-refractivity contribution is -0.127. The number of carbonyl (C=O) groups is 1. The van der Waals surface area contributed by atoms with Crippen molar-refractivity contribution in [1.29, 1.82) is 0 Å². The fourth-order valence-corrected chi connectivity index (χ4v) is 2.85. The van der Waals surface area contributed by atoms with Crippen LogP contribution in [0.15, 0.2) is 0 Å². The van der Waals surface area contributed by atoms with Gasteiger partial charge >= 0.3 is 0 Å². The second-order valence-electron chi connectivity index (χ2n) is 4.71. The third-order valence-electron chi connectivity index (χ3n) is 3.71. The van der Waals surface area contributed by atoms with Crippen LogP contribution in [0.25, 0.3) is 0 Å². The first-order valence-electron chi connectivity index (χ1n) is 5.56. The van der Waals surface area contributed by atoms with E-state index in [4.69, 9.17) is 5.73 Å². The van der Waals surface area contributed by atoms with Gasteiger partial charge < -0.3 is 5.73 Å². The minimum atomic E-state index is -0.422. The summed E-state index contributed by atoms with van der Waals surface area (Å²) < 4.78 is 0. The van der Waals surface area contributed by atoms with Crippen LogP contribution < -0.4 is 5.73 Å². The Hall–Kier alpha value is -0.370. The lowest BCUT2D eigenvalue weighted by Crippen LogP contribution is -2.47. The van der Waals surface area contributed by atoms with Crippen LogP contribution in [0, 0.1) is 5.92 Å². The van der Waals surface area contributed by atoms with Gasteiger partial charge in [0.15, 0.2) is 5.78 Å². The van der Waals surface area contributed by atoms with Crippen molar-refractivity contribution < 1.29 is 4.79 Å². The molecule has 0 aromatic rings. The molecule has 0 aromatic carbocycles. The van der Waals surface area contributed by atoms with E-state index >= 15 is 0 Å². The highest BCUT2D eigenvalue weighted by atomic mass is 16.1. The molecule has 0 aliphatic heterocycles. The highest BCUT2D eigenvalue weighted by molar-refractivity contribution is 5.90. The predicted octanol–water partition coefficient (Wildman–Crippen LogP) is 2.02. The van der Waals surface area contributed by atoms with Gasteiger partial charge in [0.25, 0.3) is 0 Å². The van der Waals surface area contributed by atoms with E-state index in [1.807, 2.05) is 0 Å². The third-order valence-corrected chi connectivity index (χ3v) is 3.71. The average molecular weight is 181 g/mol. The van der Waals surface area contributed by atoms with Crippen molar-refractivity contribution in [3.63, 3.8) is 0 Å². The van der Waals surface area contributed by atoms with Crippen molar-refractivity contribution in [2.75, 3.05) is 0 Å². The molecule has 0 amide bonds. The second kappa shape index (κ2) is 3.41. The van der Waals surface area contributed by atoms with Crippen molar-refractivity contribution in [2.45, 2.75) is 56.9 Å². The van der Waals surface area contributed by atoms with E-state index in [0.717, 1.165) is 38.5 Å². The van der Waals surface area contributed by atoms with Crippen LogP contribution in [-0.4, -0.2) is 11.3 Å². The molecule has 2 aliphatic rings. The summed E-state index contributed by atoms with van der Waals surface area (Å²) in [4.78, 5) is 12.0. The van der Waals surface area contributed by atoms with Gasteiger partial charge in [-0.1, -0.05) is 25.7 Å². The Balaban J connectivity index is 2.02. The standard InChI is InChI=1S/C11H19NO/c12-11(7-3-4-8-11)10(13)9-5-1-2-6-9/h9H,1-8,12H2. The Labute approximate surface area is 79.9 Å². The van der Waals surface area contributed by atoms with Crippen LogP contribution in [0.2, 0.25) is 0 Å². The summed E-state index contributed by atoms with van der Waals surface area (Å²) in [6.07, 6.45) is 8.81. The highest BCUT2D eigenvalue weighted by Gasteiger charge is 2.40. The van der Waals surface area contributed by atoms with E-state index in [1.54, 1.807) is 0 Å². The molecule has 0 radical (unpaired) electrons. The van der Waals surface area contributed by atoms with Gasteiger partial charge in [0.05, 0.1) is 5.54 Å². The summed E-state index contributed by atoms with van der Waals surface area (Å²) >= 11 is 0. The van der Waals surface area contributed by atoms with E-state index in [-0.39, 0.29) is 0 Å². The topological polar surface area (TPSA) is 43.1 Å². The van der Waals surface area contributed by atoms with Crippen LogP contribution in [-0.2, 0) is 4.79 Å². The molecular formula is C11H19NO. The monoisotopic (exact) mass is 181 g/mol. The van der Waals surface area contributed by atoms with Crippen LogP contribution in [0.3, 0.4) is 0 Å². The van der Waals surface area contributed by atoms with Crippen LogP contribution in [0.4, 0.5) is 0 Å². The lowest BCUT2D eigenvalue weighted by atomic mass is 9.84. The van der Waals surface area contributed by atoms with Gasteiger partial charge in [-0.15, -0.1) is 0 Å². The van der Waals surface area contributed by atoms with Crippen molar-refractivity contribution in [1.82, 2.24) is 0 Å². The largest absolute Gasteiger partial charge is 0.319 e. The first-order valence-corrected chi connectivity index (χ1v) is 5.56. The van der Waals surface area contributed by atoms with E-state index in [1.165, 1.54) is 12.8 Å². The van der Waals surface area contributed by atoms with Crippen LogP contribution in [0.1, 0.15) is 51.4 Å². The van der Waals surface area contributed by atoms with Gasteiger partial charge in [-0.05, 0) is 25.7 Å². The number of Topliss-reactive ketones (excluding diaryl/α,β-unsaturated/α-hetero) is 1. The maximum absolute atomic E-state index is 12.0. The smallest absolute Gasteiger partial charge is 0.155 e. The zero-order valence-electron chi connectivity index (χ0n) is 8.22. The molecule has 0 saturated heterocycles. The summed E-state index contributed by atoms with van der Waals surface area (Å²) in [6.45, 7) is 0. The molecule has 2 rings (SSSR count). The Bertz CT molecular complexity index is 200. The summed E-state index contributed by atoms with van der Waals surface area (Å²) in [5.41, 5.74) is 5.71. The van der Waals surface area contributed by atoms with Gasteiger partial charge in [0, 0.05) is 5.92 Å². The molecule has 0 unspecified atom stereocenters. The molecule has 2 N–H and O–H groups in total. The summed E-state index contributed by atoms with van der Waals surface area (Å²) in [5, 5.41) is 0. The van der Waals surface area contributed by atoms with E-state index < -0.39 is 5.54 Å². The molecule has 0 aromatic heterocycles. The molecule has 2 saturated carbocycles. The molecule has 74 valence electrons. The molecular weight excluding hydrogens is 162 g/mol. The third kappa shape index (κ3) is 1.64. The average Bonchev–Trinajstić information content (AvgIpc) is 2.73. The van der Waals surface area contributed by atoms with E-state index in [0.29, 0.717) is 11.7 Å². The Morgan fingerprint density at radius 3 is 2.15 bits per heavy atom. The zero-order valence-corrected chi connectivity index (χ0v) is 8.22. The fraction of sp³-hybridized carbons (Fsp3) is 0.909. The number of hydrogen-bond donors (Lipinski definition) is 1. The molecule has 0 heterocycles. The van der Waals surface area contributed by atoms with E-state index in [9.17, 15) is 4.79 Å². The van der Waals surface area contributed by atoms with Gasteiger partial charge in [0.2, 0.25) is 0 Å². The molecule has 0 bridgehead atoms. The molecule has 2 fully saturated rings. The number of hydrogen-bond acceptors (Lipinski definition) is 2. The normalized spacial score (nSPS) is 28.1. The van der Waals surface area contributed by atoms with Crippen LogP contribution >= 0.6 is 0 Å². The zero-order chi connectivity index (χ0) is 9.31. The van der Waals surface area contributed by atoms with Gasteiger partial charge in [0.1, 0.15) is 0 Å². The van der Waals surface area contributed by atoms with Crippen LogP contribution in [0.5, 0.6) is 0 Å². The molecule has 2 heteroatoms. The van der Waals surface area contributed by atoms with Gasteiger partial charge in [-0.25, -0.2) is 0 Å². The van der Waals surface area contributed by atoms with Crippen molar-refractivity contribution in [2.24, 2.45) is 11.7 Å². The van der Waals surface area contributed by atoms with Crippen molar-refractivity contribution in [3.05, 3.63) is 0 Å². The molecule has 0 spiro atoms. The predicted molar refractivity (Wildman–Crippen MR) is 52.4 cm³/mol. The summed E-state index contributed by atoms with van der Waals surface area (Å²) in [6, 6.07) is 0. The first-order chi connectivity index (χ1) is 6.22. The van der Waals surface area contributed by atoms with Crippen molar-refractivity contribution in [3.8, 4) is 0 Å². The number of rotatable bonds is 2. The first kappa shape index (κ1) is 9.20. The lowest BCUT2D eigenvalue weighted by Gasteiger charge is -2.25. The maximum Gasteiger partial charge on any atom is 0.155 e. The molecule has 0 atom stereocenters. The van der Waals surface area contributed by atoms with Gasteiger partial charge in [-0.2, -0.15) is 0 Å². The molecule has 2 nitrogen and oxygen atoms in total. The Morgan fingerprint density at radius 1 is 1.08 bits per heavy atom. The molecule has 13 heavy (non-hydrogen) atoms. The minimum absolute atomic E-state index is 0.308. The SMILES string of the molecule is NC1(C(=O)C2CCCC2)CCCC1. The Morgan fingerprint density at radius 2 is 1.62 bits per heavy atom. The number of carbonyl (C=O) groups excluding carboxylic acids is 1. The summed E-state index contributed by atoms with van der Waals surface area (Å²) in [5.74, 6) is 0.686. The Kier molecular flexibility index (Phi) is 2.41. The minimum Gasteiger partial charge on any atom is -0.319 e.